The molecule has 2 aliphatic heterocycles. The van der Waals surface area contributed by atoms with Crippen LogP contribution in [0.2, 0.25) is 5.02 Å². The number of likely N-dealkylation sites (tertiary alicyclic amines) is 1. The van der Waals surface area contributed by atoms with Gasteiger partial charge in [0.1, 0.15) is 5.54 Å². The molecule has 0 saturated carbocycles. The van der Waals surface area contributed by atoms with Gasteiger partial charge in [-0.3, -0.25) is 10.1 Å². The number of imide groups is 1. The molecule has 2 unspecified atom stereocenters. The molecule has 2 atom stereocenters. The van der Waals surface area contributed by atoms with Crippen LogP contribution in [-0.2, 0) is 11.2 Å². The van der Waals surface area contributed by atoms with Crippen LogP contribution >= 0.6 is 11.6 Å². The summed E-state index contributed by atoms with van der Waals surface area (Å²) >= 11 is 6.21. The van der Waals surface area contributed by atoms with E-state index in [2.05, 4.69) is 21.6 Å². The molecule has 0 aromatic heterocycles. The highest BCUT2D eigenvalue weighted by Gasteiger charge is 2.48. The normalized spacial score (nSPS) is 28.5. The molecule has 2 fully saturated rings. The Kier molecular flexibility index (Phi) is 4.60. The average molecular weight is 336 g/mol. The van der Waals surface area contributed by atoms with E-state index in [1.807, 2.05) is 25.1 Å². The van der Waals surface area contributed by atoms with Crippen LogP contribution in [0.4, 0.5) is 4.79 Å². The van der Waals surface area contributed by atoms with Crippen LogP contribution in [0.5, 0.6) is 0 Å². The Morgan fingerprint density at radius 1 is 1.35 bits per heavy atom. The lowest BCUT2D eigenvalue weighted by Crippen LogP contribution is -2.55. The number of halogens is 1. The molecular weight excluding hydrogens is 314 g/mol. The summed E-state index contributed by atoms with van der Waals surface area (Å²) in [5, 5.41) is 5.97. The van der Waals surface area contributed by atoms with Crippen molar-refractivity contribution in [1.82, 2.24) is 15.5 Å². The fourth-order valence-electron chi connectivity index (χ4n) is 3.55. The third kappa shape index (κ3) is 3.35. The lowest BCUT2D eigenvalue weighted by molar-refractivity contribution is -0.126. The molecule has 5 nitrogen and oxygen atoms in total. The summed E-state index contributed by atoms with van der Waals surface area (Å²) in [6.45, 7) is 4.57. The molecule has 2 aliphatic rings. The summed E-state index contributed by atoms with van der Waals surface area (Å²) in [5.41, 5.74) is 0.356. The molecule has 1 aromatic carbocycles. The SMILES string of the molecule is CC1(C2CCCN(CCc3ccccc3Cl)C2)NC(=O)NC1=O. The van der Waals surface area contributed by atoms with Crippen molar-refractivity contribution < 1.29 is 9.59 Å². The zero-order chi connectivity index (χ0) is 16.4. The van der Waals surface area contributed by atoms with Crippen LogP contribution in [-0.4, -0.2) is 42.0 Å². The van der Waals surface area contributed by atoms with Crippen molar-refractivity contribution in [2.24, 2.45) is 5.92 Å². The van der Waals surface area contributed by atoms with Crippen molar-refractivity contribution in [1.29, 1.82) is 0 Å². The highest BCUT2D eigenvalue weighted by Crippen LogP contribution is 2.30. The van der Waals surface area contributed by atoms with Crippen LogP contribution < -0.4 is 10.6 Å². The van der Waals surface area contributed by atoms with Gasteiger partial charge in [0.05, 0.1) is 0 Å². The van der Waals surface area contributed by atoms with E-state index in [0.29, 0.717) is 0 Å². The van der Waals surface area contributed by atoms with E-state index in [1.165, 1.54) is 0 Å². The second-order valence-electron chi connectivity index (χ2n) is 6.59. The number of rotatable bonds is 4. The van der Waals surface area contributed by atoms with Crippen molar-refractivity contribution >= 4 is 23.5 Å². The predicted molar refractivity (Wildman–Crippen MR) is 89.4 cm³/mol. The number of piperidine rings is 1. The highest BCUT2D eigenvalue weighted by molar-refractivity contribution is 6.31. The fourth-order valence-corrected chi connectivity index (χ4v) is 3.78. The van der Waals surface area contributed by atoms with Crippen LogP contribution in [0, 0.1) is 5.92 Å². The maximum Gasteiger partial charge on any atom is 0.322 e. The third-order valence-corrected chi connectivity index (χ3v) is 5.42. The van der Waals surface area contributed by atoms with E-state index in [9.17, 15) is 9.59 Å². The van der Waals surface area contributed by atoms with Crippen LogP contribution in [0.3, 0.4) is 0 Å². The Labute approximate surface area is 141 Å². The predicted octanol–water partition coefficient (Wildman–Crippen LogP) is 2.19. The first-order valence-electron chi connectivity index (χ1n) is 8.08. The van der Waals surface area contributed by atoms with Crippen LogP contribution in [0.15, 0.2) is 24.3 Å². The molecule has 23 heavy (non-hydrogen) atoms. The molecule has 2 N–H and O–H groups in total. The minimum Gasteiger partial charge on any atom is -0.323 e. The highest BCUT2D eigenvalue weighted by atomic mass is 35.5. The second-order valence-corrected chi connectivity index (χ2v) is 7.00. The number of amides is 3. The zero-order valence-electron chi connectivity index (χ0n) is 13.3. The van der Waals surface area contributed by atoms with E-state index >= 15 is 0 Å². The molecule has 2 heterocycles. The maximum atomic E-state index is 12.1. The summed E-state index contributed by atoms with van der Waals surface area (Å²) < 4.78 is 0. The summed E-state index contributed by atoms with van der Waals surface area (Å²) in [7, 11) is 0. The van der Waals surface area contributed by atoms with Crippen molar-refractivity contribution in [3.05, 3.63) is 34.9 Å². The molecule has 0 bridgehead atoms. The standard InChI is InChI=1S/C17H22ClN3O2/c1-17(15(22)19-16(23)20-17)13-6-4-9-21(11-13)10-8-12-5-2-3-7-14(12)18/h2-3,5,7,13H,4,6,8-11H2,1H3,(H2,19,20,22,23). The van der Waals surface area contributed by atoms with Gasteiger partial charge in [0.15, 0.2) is 0 Å². The first-order valence-corrected chi connectivity index (χ1v) is 8.46. The lowest BCUT2D eigenvalue weighted by atomic mass is 9.80. The molecule has 1 aromatic rings. The van der Waals surface area contributed by atoms with Gasteiger partial charge in [-0.15, -0.1) is 0 Å². The summed E-state index contributed by atoms with van der Waals surface area (Å²) in [4.78, 5) is 25.9. The van der Waals surface area contributed by atoms with E-state index in [0.717, 1.165) is 49.5 Å². The van der Waals surface area contributed by atoms with Gasteiger partial charge in [0, 0.05) is 24.0 Å². The van der Waals surface area contributed by atoms with Crippen LogP contribution in [0.25, 0.3) is 0 Å². The molecule has 3 rings (SSSR count). The van der Waals surface area contributed by atoms with Gasteiger partial charge >= 0.3 is 6.03 Å². The molecule has 6 heteroatoms. The van der Waals surface area contributed by atoms with Gasteiger partial charge < -0.3 is 10.2 Å². The Bertz CT molecular complexity index is 622. The van der Waals surface area contributed by atoms with E-state index in [1.54, 1.807) is 0 Å². The summed E-state index contributed by atoms with van der Waals surface area (Å²) in [6.07, 6.45) is 2.88. The van der Waals surface area contributed by atoms with Gasteiger partial charge in [0.2, 0.25) is 0 Å². The van der Waals surface area contributed by atoms with Crippen molar-refractivity contribution in [3.63, 3.8) is 0 Å². The van der Waals surface area contributed by atoms with Crippen molar-refractivity contribution in [2.75, 3.05) is 19.6 Å². The Morgan fingerprint density at radius 2 is 2.13 bits per heavy atom. The number of nitrogens with zero attached hydrogens (tertiary/aromatic N) is 1. The monoisotopic (exact) mass is 335 g/mol. The van der Waals surface area contributed by atoms with Crippen molar-refractivity contribution in [3.8, 4) is 0 Å². The minimum atomic E-state index is -0.792. The quantitative estimate of drug-likeness (QED) is 0.829. The van der Waals surface area contributed by atoms with E-state index < -0.39 is 5.54 Å². The lowest BCUT2D eigenvalue weighted by Gasteiger charge is -2.39. The maximum absolute atomic E-state index is 12.1. The molecule has 0 radical (unpaired) electrons. The topological polar surface area (TPSA) is 61.4 Å². The number of hydrogen-bond donors (Lipinski definition) is 2. The van der Waals surface area contributed by atoms with Gasteiger partial charge in [-0.1, -0.05) is 29.8 Å². The van der Waals surface area contributed by atoms with Gasteiger partial charge in [-0.05, 0) is 44.4 Å². The van der Waals surface area contributed by atoms with Gasteiger partial charge in [0.25, 0.3) is 5.91 Å². The number of nitrogens with one attached hydrogen (secondary N) is 2. The first kappa shape index (κ1) is 16.3. The molecule has 124 valence electrons. The number of hydrogen-bond acceptors (Lipinski definition) is 3. The first-order chi connectivity index (χ1) is 11.0. The second kappa shape index (κ2) is 6.49. The summed E-state index contributed by atoms with van der Waals surface area (Å²) in [6, 6.07) is 7.51. The van der Waals surface area contributed by atoms with Gasteiger partial charge in [-0.25, -0.2) is 4.79 Å². The Hall–Kier alpha value is -1.59. The zero-order valence-corrected chi connectivity index (χ0v) is 14.0. The fraction of sp³-hybridized carbons (Fsp3) is 0.529. The third-order valence-electron chi connectivity index (χ3n) is 5.05. The minimum absolute atomic E-state index is 0.133. The average Bonchev–Trinajstić information content (AvgIpc) is 2.80. The number of urea groups is 1. The van der Waals surface area contributed by atoms with Crippen molar-refractivity contribution in [2.45, 2.75) is 31.7 Å². The van der Waals surface area contributed by atoms with E-state index in [4.69, 9.17) is 11.6 Å². The molecule has 3 amide bonds. The molecular formula is C17H22ClN3O2. The number of benzene rings is 1. The van der Waals surface area contributed by atoms with E-state index in [-0.39, 0.29) is 17.9 Å². The summed E-state index contributed by atoms with van der Waals surface area (Å²) in [5.74, 6) is -0.0746. The smallest absolute Gasteiger partial charge is 0.322 e. The van der Waals surface area contributed by atoms with Crippen LogP contribution in [0.1, 0.15) is 25.3 Å². The molecule has 0 aliphatic carbocycles. The number of carbonyl (C=O) groups is 2. The van der Waals surface area contributed by atoms with Gasteiger partial charge in [-0.2, -0.15) is 0 Å². The molecule has 2 saturated heterocycles. The molecule has 0 spiro atoms. The number of carbonyl (C=O) groups excluding carboxylic acids is 2. The Balaban J connectivity index is 1.61. The largest absolute Gasteiger partial charge is 0.323 e. The Morgan fingerprint density at radius 3 is 2.83 bits per heavy atom.